The molecule has 1 aliphatic rings. The fourth-order valence-corrected chi connectivity index (χ4v) is 5.42. The molecule has 0 radical (unpaired) electrons. The molecular weight excluding hydrogens is 555 g/mol. The smallest absolute Gasteiger partial charge is 0.338 e. The highest BCUT2D eigenvalue weighted by molar-refractivity contribution is 14.1. The summed E-state index contributed by atoms with van der Waals surface area (Å²) in [6, 6.07) is 15.3. The van der Waals surface area contributed by atoms with Gasteiger partial charge in [-0.1, -0.05) is 35.6 Å². The van der Waals surface area contributed by atoms with Gasteiger partial charge >= 0.3 is 5.97 Å². The molecule has 4 rings (SSSR count). The zero-order valence-electron chi connectivity index (χ0n) is 17.8. The SMILES string of the molecule is CCOC(=O)C1=C(C)N=c2sc(=Cc3ccc(I)cc3)c(=O)n2C1c1ccc(SC)cc1. The second-order valence-corrected chi connectivity index (χ2v) is 10.3. The van der Waals surface area contributed by atoms with Crippen molar-refractivity contribution in [2.24, 2.45) is 4.99 Å². The summed E-state index contributed by atoms with van der Waals surface area (Å²) in [5.41, 5.74) is 2.60. The first-order valence-electron chi connectivity index (χ1n) is 10.0. The van der Waals surface area contributed by atoms with Crippen molar-refractivity contribution in [2.45, 2.75) is 24.8 Å². The Bertz CT molecular complexity index is 1370. The van der Waals surface area contributed by atoms with Crippen molar-refractivity contribution in [3.63, 3.8) is 0 Å². The third kappa shape index (κ3) is 4.49. The second-order valence-electron chi connectivity index (χ2n) is 7.13. The molecule has 0 spiro atoms. The largest absolute Gasteiger partial charge is 0.463 e. The van der Waals surface area contributed by atoms with Crippen molar-refractivity contribution in [2.75, 3.05) is 12.9 Å². The summed E-state index contributed by atoms with van der Waals surface area (Å²) in [5.74, 6) is -0.445. The number of hydrogen-bond acceptors (Lipinski definition) is 6. The highest BCUT2D eigenvalue weighted by Crippen LogP contribution is 2.31. The number of thioether (sulfide) groups is 1. The maximum Gasteiger partial charge on any atom is 0.338 e. The molecule has 0 saturated carbocycles. The van der Waals surface area contributed by atoms with Gasteiger partial charge in [-0.3, -0.25) is 9.36 Å². The van der Waals surface area contributed by atoms with Crippen molar-refractivity contribution in [1.82, 2.24) is 4.57 Å². The Morgan fingerprint density at radius 2 is 1.91 bits per heavy atom. The van der Waals surface area contributed by atoms with Crippen LogP contribution in [0.1, 0.15) is 31.0 Å². The number of thiazole rings is 1. The van der Waals surface area contributed by atoms with Crippen molar-refractivity contribution in [3.8, 4) is 0 Å². The maximum atomic E-state index is 13.5. The van der Waals surface area contributed by atoms with E-state index in [1.54, 1.807) is 30.2 Å². The van der Waals surface area contributed by atoms with Crippen LogP contribution in [0.25, 0.3) is 6.08 Å². The van der Waals surface area contributed by atoms with Crippen molar-refractivity contribution in [3.05, 3.63) is 94.2 Å². The number of ether oxygens (including phenoxy) is 1. The van der Waals surface area contributed by atoms with E-state index >= 15 is 0 Å². The average Bonchev–Trinajstić information content (AvgIpc) is 3.09. The summed E-state index contributed by atoms with van der Waals surface area (Å²) in [6.07, 6.45) is 3.88. The number of nitrogens with zero attached hydrogens (tertiary/aromatic N) is 2. The van der Waals surface area contributed by atoms with Gasteiger partial charge in [-0.2, -0.15) is 0 Å². The Morgan fingerprint density at radius 1 is 1.22 bits per heavy atom. The monoisotopic (exact) mass is 576 g/mol. The number of esters is 1. The highest BCUT2D eigenvalue weighted by atomic mass is 127. The third-order valence-corrected chi connectivity index (χ3v) is 7.56. The molecule has 0 aliphatic carbocycles. The molecule has 0 saturated heterocycles. The van der Waals surface area contributed by atoms with E-state index in [-0.39, 0.29) is 12.2 Å². The first-order valence-corrected chi connectivity index (χ1v) is 13.1. The van der Waals surface area contributed by atoms with Gasteiger partial charge in [-0.15, -0.1) is 11.8 Å². The van der Waals surface area contributed by atoms with E-state index in [2.05, 4.69) is 27.6 Å². The van der Waals surface area contributed by atoms with E-state index in [0.29, 0.717) is 20.6 Å². The van der Waals surface area contributed by atoms with Crippen LogP contribution in [0.5, 0.6) is 0 Å². The quantitative estimate of drug-likeness (QED) is 0.261. The van der Waals surface area contributed by atoms with Crippen LogP contribution < -0.4 is 14.9 Å². The number of halogens is 1. The number of carbonyl (C=O) groups excluding carboxylic acids is 1. The maximum absolute atomic E-state index is 13.5. The highest BCUT2D eigenvalue weighted by Gasteiger charge is 2.33. The van der Waals surface area contributed by atoms with E-state index in [4.69, 9.17) is 4.74 Å². The lowest BCUT2D eigenvalue weighted by Crippen LogP contribution is -2.39. The van der Waals surface area contributed by atoms with Crippen LogP contribution >= 0.6 is 45.7 Å². The lowest BCUT2D eigenvalue weighted by Gasteiger charge is -2.24. The molecule has 5 nitrogen and oxygen atoms in total. The fraction of sp³-hybridized carbons (Fsp3) is 0.208. The zero-order valence-corrected chi connectivity index (χ0v) is 21.6. The summed E-state index contributed by atoms with van der Waals surface area (Å²) in [7, 11) is 0. The van der Waals surface area contributed by atoms with Gasteiger partial charge < -0.3 is 4.74 Å². The number of benzene rings is 2. The number of rotatable bonds is 5. The van der Waals surface area contributed by atoms with Gasteiger partial charge in [-0.05, 0) is 84.2 Å². The first-order chi connectivity index (χ1) is 15.4. The number of aromatic nitrogens is 1. The Kier molecular flexibility index (Phi) is 7.02. The molecule has 164 valence electrons. The normalized spacial score (nSPS) is 16.0. The van der Waals surface area contributed by atoms with E-state index in [1.165, 1.54) is 11.3 Å². The van der Waals surface area contributed by atoms with Crippen molar-refractivity contribution < 1.29 is 9.53 Å². The predicted octanol–water partition coefficient (Wildman–Crippen LogP) is 4.12. The molecule has 2 aromatic carbocycles. The van der Waals surface area contributed by atoms with Gasteiger partial charge in [-0.25, -0.2) is 9.79 Å². The number of allylic oxidation sites excluding steroid dienone is 1. The molecule has 1 aliphatic heterocycles. The van der Waals surface area contributed by atoms with Crippen LogP contribution in [-0.2, 0) is 9.53 Å². The molecule has 0 N–H and O–H groups in total. The minimum Gasteiger partial charge on any atom is -0.463 e. The van der Waals surface area contributed by atoms with Crippen LogP contribution in [0.2, 0.25) is 0 Å². The van der Waals surface area contributed by atoms with E-state index in [1.807, 2.05) is 60.9 Å². The molecule has 3 aromatic rings. The summed E-state index contributed by atoms with van der Waals surface area (Å²) >= 11 is 5.23. The minimum absolute atomic E-state index is 0.166. The third-order valence-electron chi connectivity index (χ3n) is 5.12. The Hall–Kier alpha value is -2.17. The van der Waals surface area contributed by atoms with Crippen molar-refractivity contribution in [1.29, 1.82) is 0 Å². The lowest BCUT2D eigenvalue weighted by atomic mass is 9.96. The van der Waals surface area contributed by atoms with E-state index in [9.17, 15) is 9.59 Å². The molecule has 8 heteroatoms. The average molecular weight is 576 g/mol. The Balaban J connectivity index is 1.93. The Morgan fingerprint density at radius 3 is 2.53 bits per heavy atom. The fourth-order valence-electron chi connectivity index (χ4n) is 3.60. The molecule has 0 bridgehead atoms. The number of hydrogen-bond donors (Lipinski definition) is 0. The Labute approximate surface area is 207 Å². The van der Waals surface area contributed by atoms with Gasteiger partial charge in [0.25, 0.3) is 5.56 Å². The second kappa shape index (κ2) is 9.76. The standard InChI is InChI=1S/C24H21IN2O3S2/c1-4-30-23(29)20-14(2)26-24-27(21(20)16-7-11-18(31-3)12-8-16)22(28)19(32-24)13-15-5-9-17(25)10-6-15/h5-13,21H,4H2,1-3H3. The minimum atomic E-state index is -0.583. The van der Waals surface area contributed by atoms with Crippen LogP contribution in [0.3, 0.4) is 0 Å². The summed E-state index contributed by atoms with van der Waals surface area (Å²) in [6.45, 7) is 3.82. The van der Waals surface area contributed by atoms with Gasteiger partial charge in [0, 0.05) is 8.47 Å². The van der Waals surface area contributed by atoms with E-state index < -0.39 is 12.0 Å². The number of carbonyl (C=O) groups is 1. The lowest BCUT2D eigenvalue weighted by molar-refractivity contribution is -0.139. The van der Waals surface area contributed by atoms with Crippen molar-refractivity contribution >= 4 is 57.7 Å². The molecule has 0 amide bonds. The van der Waals surface area contributed by atoms with E-state index in [0.717, 1.165) is 19.6 Å². The van der Waals surface area contributed by atoms with Crippen LogP contribution in [0, 0.1) is 3.57 Å². The van der Waals surface area contributed by atoms with Gasteiger partial charge in [0.1, 0.15) is 0 Å². The summed E-state index contributed by atoms with van der Waals surface area (Å²) in [4.78, 5) is 32.7. The van der Waals surface area contributed by atoms with Crippen LogP contribution in [-0.4, -0.2) is 23.4 Å². The first kappa shape index (κ1) is 23.0. The van der Waals surface area contributed by atoms with Gasteiger partial charge in [0.05, 0.1) is 28.5 Å². The summed E-state index contributed by atoms with van der Waals surface area (Å²) in [5, 5.41) is 0. The number of fused-ring (bicyclic) bond motifs is 1. The predicted molar refractivity (Wildman–Crippen MR) is 138 cm³/mol. The molecule has 32 heavy (non-hydrogen) atoms. The topological polar surface area (TPSA) is 60.7 Å². The van der Waals surface area contributed by atoms with Crippen LogP contribution in [0.4, 0.5) is 0 Å². The molecule has 1 atom stereocenters. The zero-order chi connectivity index (χ0) is 22.8. The molecule has 1 unspecified atom stereocenters. The molecular formula is C24H21IN2O3S2. The van der Waals surface area contributed by atoms with Gasteiger partial charge in [0.15, 0.2) is 4.80 Å². The molecule has 0 fully saturated rings. The molecule has 1 aromatic heterocycles. The van der Waals surface area contributed by atoms with Gasteiger partial charge in [0.2, 0.25) is 0 Å². The molecule has 2 heterocycles. The van der Waals surface area contributed by atoms with Crippen LogP contribution in [0.15, 0.2) is 74.5 Å². The summed E-state index contributed by atoms with van der Waals surface area (Å²) < 4.78 is 8.66.